The Morgan fingerprint density at radius 1 is 1.37 bits per heavy atom. The lowest BCUT2D eigenvalue weighted by Gasteiger charge is -2.19. The minimum atomic E-state index is 0.699. The summed E-state index contributed by atoms with van der Waals surface area (Å²) in [6.45, 7) is 2.17. The van der Waals surface area contributed by atoms with Crippen molar-refractivity contribution >= 4 is 15.9 Å². The Labute approximate surface area is 125 Å². The third kappa shape index (κ3) is 3.60. The molecule has 0 amide bonds. The zero-order valence-electron chi connectivity index (χ0n) is 12.4. The highest BCUT2D eigenvalue weighted by molar-refractivity contribution is 9.10. The maximum Gasteiger partial charge on any atom is 0.0766 e. The molecule has 1 heterocycles. The molecule has 1 N–H and O–H groups in total. The van der Waals surface area contributed by atoms with Crippen LogP contribution >= 0.6 is 15.9 Å². The Hall–Kier alpha value is -0.350. The quantitative estimate of drug-likeness (QED) is 0.858. The number of hydrogen-bond donors (Lipinski definition) is 1. The number of halogens is 1. The van der Waals surface area contributed by atoms with Gasteiger partial charge in [-0.25, -0.2) is 0 Å². The molecule has 2 unspecified atom stereocenters. The van der Waals surface area contributed by atoms with Gasteiger partial charge in [-0.3, -0.25) is 4.68 Å². The Balaban J connectivity index is 2.09. The van der Waals surface area contributed by atoms with Gasteiger partial charge < -0.3 is 5.32 Å². The molecular weight excluding hydrogens is 302 g/mol. The highest BCUT2D eigenvalue weighted by Gasteiger charge is 2.22. The molecule has 0 radical (unpaired) electrons. The first-order chi connectivity index (χ1) is 9.15. The van der Waals surface area contributed by atoms with Gasteiger partial charge in [0.2, 0.25) is 0 Å². The first kappa shape index (κ1) is 15.0. The highest BCUT2D eigenvalue weighted by atomic mass is 79.9. The number of nitrogens with one attached hydrogen (secondary N) is 1. The van der Waals surface area contributed by atoms with Crippen molar-refractivity contribution in [3.63, 3.8) is 0 Å². The summed E-state index contributed by atoms with van der Waals surface area (Å²) in [7, 11) is 4.17. The van der Waals surface area contributed by atoms with Crippen LogP contribution in [0, 0.1) is 5.92 Å². The van der Waals surface area contributed by atoms with Crippen LogP contribution in [-0.4, -0.2) is 22.9 Å². The third-order valence-corrected chi connectivity index (χ3v) is 5.34. The highest BCUT2D eigenvalue weighted by Crippen LogP contribution is 2.30. The molecule has 2 rings (SSSR count). The molecular formula is C15H26BrN3. The van der Waals surface area contributed by atoms with Crippen molar-refractivity contribution in [2.45, 2.75) is 57.9 Å². The molecule has 1 fully saturated rings. The second kappa shape index (κ2) is 6.89. The van der Waals surface area contributed by atoms with Gasteiger partial charge in [0.05, 0.1) is 15.9 Å². The minimum absolute atomic E-state index is 0.699. The van der Waals surface area contributed by atoms with Crippen LogP contribution in [0.1, 0.15) is 50.4 Å². The van der Waals surface area contributed by atoms with Gasteiger partial charge in [-0.1, -0.05) is 26.2 Å². The van der Waals surface area contributed by atoms with Crippen molar-refractivity contribution in [3.05, 3.63) is 15.9 Å². The van der Waals surface area contributed by atoms with Gasteiger partial charge in [0, 0.05) is 13.1 Å². The summed E-state index contributed by atoms with van der Waals surface area (Å²) in [5.74, 6) is 0.788. The first-order valence-corrected chi connectivity index (χ1v) is 8.32. The summed E-state index contributed by atoms with van der Waals surface area (Å²) in [4.78, 5) is 0. The van der Waals surface area contributed by atoms with Crippen LogP contribution in [0.25, 0.3) is 0 Å². The topological polar surface area (TPSA) is 29.9 Å². The number of hydrogen-bond acceptors (Lipinski definition) is 2. The van der Waals surface area contributed by atoms with E-state index in [1.54, 1.807) is 0 Å². The van der Waals surface area contributed by atoms with Crippen molar-refractivity contribution < 1.29 is 0 Å². The summed E-state index contributed by atoms with van der Waals surface area (Å²) in [5.41, 5.74) is 2.56. The van der Waals surface area contributed by atoms with E-state index in [2.05, 4.69) is 52.0 Å². The molecule has 108 valence electrons. The van der Waals surface area contributed by atoms with E-state index in [4.69, 9.17) is 0 Å². The molecule has 2 atom stereocenters. The molecule has 1 aromatic rings. The smallest absolute Gasteiger partial charge is 0.0766 e. The average Bonchev–Trinajstić information content (AvgIpc) is 2.61. The number of aromatic nitrogens is 2. The lowest BCUT2D eigenvalue weighted by molar-refractivity contribution is 0.393. The van der Waals surface area contributed by atoms with E-state index >= 15 is 0 Å². The van der Waals surface area contributed by atoms with Crippen LogP contribution in [0.15, 0.2) is 4.47 Å². The van der Waals surface area contributed by atoms with Crippen molar-refractivity contribution in [1.29, 1.82) is 0 Å². The number of aryl methyl sites for hydroxylation is 2. The molecule has 1 aliphatic rings. The van der Waals surface area contributed by atoms with Gasteiger partial charge >= 0.3 is 0 Å². The van der Waals surface area contributed by atoms with Crippen LogP contribution in [0.4, 0.5) is 0 Å². The molecule has 1 aliphatic carbocycles. The predicted molar refractivity (Wildman–Crippen MR) is 83.4 cm³/mol. The van der Waals surface area contributed by atoms with Gasteiger partial charge in [0.1, 0.15) is 0 Å². The van der Waals surface area contributed by atoms with Crippen molar-refractivity contribution in [2.75, 3.05) is 7.05 Å². The molecule has 3 nitrogen and oxygen atoms in total. The van der Waals surface area contributed by atoms with E-state index in [1.165, 1.54) is 48.0 Å². The molecule has 0 bridgehead atoms. The van der Waals surface area contributed by atoms with E-state index < -0.39 is 0 Å². The monoisotopic (exact) mass is 327 g/mol. The largest absolute Gasteiger partial charge is 0.317 e. The Morgan fingerprint density at radius 3 is 2.74 bits per heavy atom. The van der Waals surface area contributed by atoms with E-state index in [0.717, 1.165) is 18.8 Å². The van der Waals surface area contributed by atoms with Crippen molar-refractivity contribution in [3.8, 4) is 0 Å². The maximum absolute atomic E-state index is 4.61. The van der Waals surface area contributed by atoms with E-state index in [-0.39, 0.29) is 0 Å². The lowest BCUT2D eigenvalue weighted by Crippen LogP contribution is -2.27. The Morgan fingerprint density at radius 2 is 2.11 bits per heavy atom. The second-order valence-corrected chi connectivity index (χ2v) is 6.55. The summed E-state index contributed by atoms with van der Waals surface area (Å²) >= 11 is 3.74. The fourth-order valence-corrected chi connectivity index (χ4v) is 4.00. The van der Waals surface area contributed by atoms with Gasteiger partial charge in [-0.15, -0.1) is 0 Å². The maximum atomic E-state index is 4.61. The summed E-state index contributed by atoms with van der Waals surface area (Å²) in [6, 6.07) is 0.699. The molecule has 0 spiro atoms. The van der Waals surface area contributed by atoms with Crippen molar-refractivity contribution in [1.82, 2.24) is 15.1 Å². The van der Waals surface area contributed by atoms with Crippen LogP contribution in [0.2, 0.25) is 0 Å². The number of nitrogens with zero attached hydrogens (tertiary/aromatic N) is 2. The van der Waals surface area contributed by atoms with Crippen LogP contribution in [-0.2, 0) is 19.9 Å². The minimum Gasteiger partial charge on any atom is -0.317 e. The fourth-order valence-electron chi connectivity index (χ4n) is 3.22. The normalized spacial score (nSPS) is 24.4. The van der Waals surface area contributed by atoms with E-state index in [1.807, 2.05) is 0 Å². The van der Waals surface area contributed by atoms with Crippen LogP contribution in [0.5, 0.6) is 0 Å². The van der Waals surface area contributed by atoms with Gasteiger partial charge in [0.15, 0.2) is 0 Å². The second-order valence-electron chi connectivity index (χ2n) is 5.76. The predicted octanol–water partition coefficient (Wildman–Crippen LogP) is 3.46. The summed E-state index contributed by atoms with van der Waals surface area (Å²) in [5, 5.41) is 8.08. The molecule has 4 heteroatoms. The Bertz CT molecular complexity index is 414. The third-order valence-electron chi connectivity index (χ3n) is 4.43. The standard InChI is InChI=1S/C15H26BrN3/c1-4-13-15(16)14(19(3)18-13)10-11-7-5-6-8-12(9-11)17-2/h11-12,17H,4-10H2,1-3H3. The summed E-state index contributed by atoms with van der Waals surface area (Å²) in [6.07, 6.45) is 8.89. The molecule has 1 saturated carbocycles. The van der Waals surface area contributed by atoms with Gasteiger partial charge in [-0.2, -0.15) is 5.10 Å². The lowest BCUT2D eigenvalue weighted by atomic mass is 9.93. The van der Waals surface area contributed by atoms with E-state index in [9.17, 15) is 0 Å². The van der Waals surface area contributed by atoms with Crippen molar-refractivity contribution in [2.24, 2.45) is 13.0 Å². The van der Waals surface area contributed by atoms with Crippen LogP contribution in [0.3, 0.4) is 0 Å². The zero-order valence-corrected chi connectivity index (χ0v) is 14.0. The molecule has 0 aliphatic heterocycles. The SMILES string of the molecule is CCc1nn(C)c(CC2CCCCC(NC)C2)c1Br. The Kier molecular flexibility index (Phi) is 5.46. The molecule has 1 aromatic heterocycles. The average molecular weight is 328 g/mol. The zero-order chi connectivity index (χ0) is 13.8. The van der Waals surface area contributed by atoms with Gasteiger partial charge in [-0.05, 0) is 54.6 Å². The van der Waals surface area contributed by atoms with Crippen LogP contribution < -0.4 is 5.32 Å². The summed E-state index contributed by atoms with van der Waals surface area (Å²) < 4.78 is 3.31. The van der Waals surface area contributed by atoms with E-state index in [0.29, 0.717) is 6.04 Å². The first-order valence-electron chi connectivity index (χ1n) is 7.53. The fraction of sp³-hybridized carbons (Fsp3) is 0.800. The molecule has 0 saturated heterocycles. The number of rotatable bonds is 4. The van der Waals surface area contributed by atoms with Gasteiger partial charge in [0.25, 0.3) is 0 Å². The molecule has 0 aromatic carbocycles. The molecule has 19 heavy (non-hydrogen) atoms.